The second-order valence-electron chi connectivity index (χ2n) is 4.57. The standard InChI is InChI=1S/C17H15Cl2NO/c1-3-8-21-17-7-5-13(9-15(17)19)11-20-16-10-14(18)6-4-12(16)2/h1,4-7,9-10,20H,8,11H2,2H3. The monoisotopic (exact) mass is 319 g/mol. The second kappa shape index (κ2) is 7.26. The number of terminal acetylenes is 1. The van der Waals surface area contributed by atoms with Crippen LogP contribution in [0.25, 0.3) is 0 Å². The van der Waals surface area contributed by atoms with Crippen molar-refractivity contribution in [3.8, 4) is 18.1 Å². The van der Waals surface area contributed by atoms with Crippen molar-refractivity contribution in [2.45, 2.75) is 13.5 Å². The molecule has 0 spiro atoms. The van der Waals surface area contributed by atoms with Gasteiger partial charge in [-0.05, 0) is 42.3 Å². The van der Waals surface area contributed by atoms with Crippen LogP contribution >= 0.6 is 23.2 Å². The zero-order valence-corrected chi connectivity index (χ0v) is 13.1. The highest BCUT2D eigenvalue weighted by Gasteiger charge is 2.04. The smallest absolute Gasteiger partial charge is 0.148 e. The van der Waals surface area contributed by atoms with E-state index < -0.39 is 0 Å². The van der Waals surface area contributed by atoms with Crippen molar-refractivity contribution in [3.05, 3.63) is 57.6 Å². The highest BCUT2D eigenvalue weighted by atomic mass is 35.5. The highest BCUT2D eigenvalue weighted by molar-refractivity contribution is 6.32. The Morgan fingerprint density at radius 3 is 2.71 bits per heavy atom. The lowest BCUT2D eigenvalue weighted by Crippen LogP contribution is -2.01. The number of hydrogen-bond acceptors (Lipinski definition) is 2. The number of aryl methyl sites for hydroxylation is 1. The van der Waals surface area contributed by atoms with Crippen molar-refractivity contribution >= 4 is 28.9 Å². The molecule has 0 aliphatic heterocycles. The first-order chi connectivity index (χ1) is 10.1. The van der Waals surface area contributed by atoms with E-state index in [1.165, 1.54) is 0 Å². The van der Waals surface area contributed by atoms with Gasteiger partial charge in [-0.25, -0.2) is 0 Å². The first kappa shape index (κ1) is 15.6. The summed E-state index contributed by atoms with van der Waals surface area (Å²) in [7, 11) is 0. The maximum absolute atomic E-state index is 6.16. The third-order valence-corrected chi connectivity index (χ3v) is 3.52. The van der Waals surface area contributed by atoms with Gasteiger partial charge in [0.25, 0.3) is 0 Å². The van der Waals surface area contributed by atoms with Gasteiger partial charge in [0, 0.05) is 17.3 Å². The third-order valence-electron chi connectivity index (χ3n) is 2.99. The molecular formula is C17H15Cl2NO. The molecule has 0 atom stereocenters. The number of halogens is 2. The van der Waals surface area contributed by atoms with Gasteiger partial charge in [0.1, 0.15) is 12.4 Å². The lowest BCUT2D eigenvalue weighted by Gasteiger charge is -2.11. The van der Waals surface area contributed by atoms with Crippen LogP contribution in [0.4, 0.5) is 5.69 Å². The maximum atomic E-state index is 6.16. The van der Waals surface area contributed by atoms with Gasteiger partial charge in [0.05, 0.1) is 5.02 Å². The number of rotatable bonds is 5. The average molecular weight is 320 g/mol. The van der Waals surface area contributed by atoms with Gasteiger partial charge >= 0.3 is 0 Å². The summed E-state index contributed by atoms with van der Waals surface area (Å²) in [5.41, 5.74) is 3.19. The molecule has 2 aromatic rings. The molecule has 2 aromatic carbocycles. The van der Waals surface area contributed by atoms with Crippen LogP contribution in [0, 0.1) is 19.3 Å². The Kier molecular flexibility index (Phi) is 5.38. The van der Waals surface area contributed by atoms with Crippen LogP contribution in [0.1, 0.15) is 11.1 Å². The zero-order chi connectivity index (χ0) is 15.2. The number of anilines is 1. The van der Waals surface area contributed by atoms with Gasteiger partial charge in [-0.2, -0.15) is 0 Å². The molecule has 0 aliphatic carbocycles. The normalized spacial score (nSPS) is 10.0. The van der Waals surface area contributed by atoms with Crippen molar-refractivity contribution < 1.29 is 4.74 Å². The molecule has 0 bridgehead atoms. The Morgan fingerprint density at radius 2 is 2.00 bits per heavy atom. The highest BCUT2D eigenvalue weighted by Crippen LogP contribution is 2.26. The molecule has 0 unspecified atom stereocenters. The van der Waals surface area contributed by atoms with Crippen LogP contribution < -0.4 is 10.1 Å². The van der Waals surface area contributed by atoms with E-state index in [0.717, 1.165) is 16.8 Å². The van der Waals surface area contributed by atoms with Gasteiger partial charge in [0.15, 0.2) is 0 Å². The molecule has 4 heteroatoms. The van der Waals surface area contributed by atoms with Crippen molar-refractivity contribution in [3.63, 3.8) is 0 Å². The molecule has 0 aliphatic rings. The molecule has 1 N–H and O–H groups in total. The van der Waals surface area contributed by atoms with Gasteiger partial charge in [-0.3, -0.25) is 0 Å². The maximum Gasteiger partial charge on any atom is 0.148 e. The molecule has 0 fully saturated rings. The van der Waals surface area contributed by atoms with Crippen molar-refractivity contribution in [1.82, 2.24) is 0 Å². The van der Waals surface area contributed by atoms with E-state index >= 15 is 0 Å². The molecule has 0 heterocycles. The molecule has 2 nitrogen and oxygen atoms in total. The van der Waals surface area contributed by atoms with Gasteiger partial charge < -0.3 is 10.1 Å². The fraction of sp³-hybridized carbons (Fsp3) is 0.176. The van der Waals surface area contributed by atoms with Crippen LogP contribution in [-0.4, -0.2) is 6.61 Å². The predicted octanol–water partition coefficient (Wildman–Crippen LogP) is 4.93. The molecule has 21 heavy (non-hydrogen) atoms. The van der Waals surface area contributed by atoms with Crippen LogP contribution in [0.5, 0.6) is 5.75 Å². The first-order valence-electron chi connectivity index (χ1n) is 6.45. The minimum absolute atomic E-state index is 0.207. The van der Waals surface area contributed by atoms with E-state index in [1.54, 1.807) is 0 Å². The lowest BCUT2D eigenvalue weighted by atomic mass is 10.1. The molecule has 2 rings (SSSR count). The van der Waals surface area contributed by atoms with E-state index in [4.69, 9.17) is 34.4 Å². The molecule has 0 aromatic heterocycles. The molecular weight excluding hydrogens is 305 g/mol. The minimum atomic E-state index is 0.207. The molecule has 108 valence electrons. The number of ether oxygens (including phenoxy) is 1. The van der Waals surface area contributed by atoms with Gasteiger partial charge in [0.2, 0.25) is 0 Å². The summed E-state index contributed by atoms with van der Waals surface area (Å²) in [5.74, 6) is 3.01. The van der Waals surface area contributed by atoms with Crippen LogP contribution in [0.2, 0.25) is 10.0 Å². The van der Waals surface area contributed by atoms with E-state index in [0.29, 0.717) is 22.3 Å². The molecule has 0 radical (unpaired) electrons. The summed E-state index contributed by atoms with van der Waals surface area (Å²) in [6.45, 7) is 2.89. The number of benzene rings is 2. The van der Waals surface area contributed by atoms with E-state index in [9.17, 15) is 0 Å². The van der Waals surface area contributed by atoms with Gasteiger partial charge in [-0.1, -0.05) is 41.3 Å². The van der Waals surface area contributed by atoms with E-state index in [2.05, 4.69) is 11.2 Å². The summed E-state index contributed by atoms with van der Waals surface area (Å²) in [6.07, 6.45) is 5.16. The molecule has 0 amide bonds. The predicted molar refractivity (Wildman–Crippen MR) is 89.3 cm³/mol. The van der Waals surface area contributed by atoms with Crippen LogP contribution in [0.15, 0.2) is 36.4 Å². The summed E-state index contributed by atoms with van der Waals surface area (Å²) in [6, 6.07) is 11.4. The summed E-state index contributed by atoms with van der Waals surface area (Å²) in [5, 5.41) is 4.60. The number of hydrogen-bond donors (Lipinski definition) is 1. The molecule has 0 saturated carbocycles. The Balaban J connectivity index is 2.05. The van der Waals surface area contributed by atoms with Crippen LogP contribution in [0.3, 0.4) is 0 Å². The SMILES string of the molecule is C#CCOc1ccc(CNc2cc(Cl)ccc2C)cc1Cl. The average Bonchev–Trinajstić information content (AvgIpc) is 2.47. The summed E-state index contributed by atoms with van der Waals surface area (Å²) >= 11 is 12.2. The third kappa shape index (κ3) is 4.32. The van der Waals surface area contributed by atoms with Crippen molar-refractivity contribution in [1.29, 1.82) is 0 Å². The quantitative estimate of drug-likeness (QED) is 0.789. The Labute approximate surface area is 135 Å². The second-order valence-corrected chi connectivity index (χ2v) is 5.41. The van der Waals surface area contributed by atoms with Crippen molar-refractivity contribution in [2.24, 2.45) is 0 Å². The number of nitrogens with one attached hydrogen (secondary N) is 1. The molecule has 0 saturated heterocycles. The first-order valence-corrected chi connectivity index (χ1v) is 7.20. The Morgan fingerprint density at radius 1 is 1.19 bits per heavy atom. The Hall–Kier alpha value is -1.82. The fourth-order valence-electron chi connectivity index (χ4n) is 1.87. The van der Waals surface area contributed by atoms with Crippen molar-refractivity contribution in [2.75, 3.05) is 11.9 Å². The largest absolute Gasteiger partial charge is 0.479 e. The topological polar surface area (TPSA) is 21.3 Å². The van der Waals surface area contributed by atoms with E-state index in [1.807, 2.05) is 43.3 Å². The minimum Gasteiger partial charge on any atom is -0.479 e. The summed E-state index contributed by atoms with van der Waals surface area (Å²) < 4.78 is 5.33. The Bertz CT molecular complexity index is 677. The summed E-state index contributed by atoms with van der Waals surface area (Å²) in [4.78, 5) is 0. The van der Waals surface area contributed by atoms with Gasteiger partial charge in [-0.15, -0.1) is 6.42 Å². The fourth-order valence-corrected chi connectivity index (χ4v) is 2.30. The van der Waals surface area contributed by atoms with Crippen LogP contribution in [-0.2, 0) is 6.54 Å². The zero-order valence-electron chi connectivity index (χ0n) is 11.6. The van der Waals surface area contributed by atoms with E-state index in [-0.39, 0.29) is 6.61 Å². The lowest BCUT2D eigenvalue weighted by molar-refractivity contribution is 0.370.